The minimum atomic E-state index is 0.224. The van der Waals surface area contributed by atoms with Gasteiger partial charge >= 0.3 is 0 Å². The second-order valence-corrected chi connectivity index (χ2v) is 4.39. The SMILES string of the molecule is CC[C@@H](c1ccccc1)N(CCO)C(C)C. The number of hydrogen-bond donors (Lipinski definition) is 1. The summed E-state index contributed by atoms with van der Waals surface area (Å²) in [6, 6.07) is 11.4. The lowest BCUT2D eigenvalue weighted by atomic mass is 10.0. The molecule has 0 fully saturated rings. The molecule has 1 N–H and O–H groups in total. The quantitative estimate of drug-likeness (QED) is 0.798. The third kappa shape index (κ3) is 3.32. The van der Waals surface area contributed by atoms with Crippen molar-refractivity contribution in [2.45, 2.75) is 39.3 Å². The summed E-state index contributed by atoms with van der Waals surface area (Å²) in [6.07, 6.45) is 1.07. The van der Waals surface area contributed by atoms with Crippen LogP contribution in [0.15, 0.2) is 30.3 Å². The molecule has 0 saturated carbocycles. The fourth-order valence-electron chi connectivity index (χ4n) is 2.23. The highest BCUT2D eigenvalue weighted by Gasteiger charge is 2.20. The Bertz CT molecular complexity index is 284. The smallest absolute Gasteiger partial charge is 0.0558 e. The second-order valence-electron chi connectivity index (χ2n) is 4.39. The lowest BCUT2D eigenvalue weighted by Gasteiger charge is -2.34. The highest BCUT2D eigenvalue weighted by atomic mass is 16.3. The first-order chi connectivity index (χ1) is 7.70. The van der Waals surface area contributed by atoms with Gasteiger partial charge in [0.15, 0.2) is 0 Å². The van der Waals surface area contributed by atoms with Gasteiger partial charge in [-0.25, -0.2) is 0 Å². The Morgan fingerprint density at radius 1 is 1.19 bits per heavy atom. The van der Waals surface area contributed by atoms with Crippen molar-refractivity contribution in [2.24, 2.45) is 0 Å². The average molecular weight is 221 g/mol. The van der Waals surface area contributed by atoms with E-state index in [2.05, 4.69) is 49.9 Å². The summed E-state index contributed by atoms with van der Waals surface area (Å²) >= 11 is 0. The van der Waals surface area contributed by atoms with Gasteiger partial charge in [0.05, 0.1) is 6.61 Å². The van der Waals surface area contributed by atoms with E-state index < -0.39 is 0 Å². The van der Waals surface area contributed by atoms with Gasteiger partial charge in [0.1, 0.15) is 0 Å². The Balaban J connectivity index is 2.86. The Morgan fingerprint density at radius 3 is 2.25 bits per heavy atom. The minimum Gasteiger partial charge on any atom is -0.395 e. The first kappa shape index (κ1) is 13.2. The van der Waals surface area contributed by atoms with Crippen LogP contribution in [0, 0.1) is 0 Å². The number of hydrogen-bond acceptors (Lipinski definition) is 2. The summed E-state index contributed by atoms with van der Waals surface area (Å²) in [4.78, 5) is 2.36. The zero-order chi connectivity index (χ0) is 12.0. The molecule has 0 aliphatic rings. The van der Waals surface area contributed by atoms with Crippen molar-refractivity contribution >= 4 is 0 Å². The minimum absolute atomic E-state index is 0.224. The molecule has 0 bridgehead atoms. The van der Waals surface area contributed by atoms with Crippen LogP contribution in [-0.2, 0) is 0 Å². The van der Waals surface area contributed by atoms with Crippen LogP contribution in [0.2, 0.25) is 0 Å². The summed E-state index contributed by atoms with van der Waals surface area (Å²) in [7, 11) is 0. The fourth-order valence-corrected chi connectivity index (χ4v) is 2.23. The molecule has 0 aliphatic carbocycles. The molecule has 1 aromatic carbocycles. The number of benzene rings is 1. The van der Waals surface area contributed by atoms with E-state index in [0.717, 1.165) is 13.0 Å². The molecule has 2 nitrogen and oxygen atoms in total. The van der Waals surface area contributed by atoms with Gasteiger partial charge in [-0.3, -0.25) is 4.90 Å². The van der Waals surface area contributed by atoms with E-state index in [1.807, 2.05) is 6.07 Å². The van der Waals surface area contributed by atoms with Crippen LogP contribution in [0.1, 0.15) is 38.8 Å². The highest BCUT2D eigenvalue weighted by Crippen LogP contribution is 2.25. The maximum Gasteiger partial charge on any atom is 0.0558 e. The van der Waals surface area contributed by atoms with Crippen molar-refractivity contribution < 1.29 is 5.11 Å². The Hall–Kier alpha value is -0.860. The van der Waals surface area contributed by atoms with Crippen molar-refractivity contribution in [3.05, 3.63) is 35.9 Å². The molecule has 2 heteroatoms. The molecule has 0 amide bonds. The molecule has 0 saturated heterocycles. The van der Waals surface area contributed by atoms with Gasteiger partial charge in [-0.15, -0.1) is 0 Å². The van der Waals surface area contributed by atoms with E-state index in [-0.39, 0.29) is 6.61 Å². The van der Waals surface area contributed by atoms with Gasteiger partial charge in [-0.1, -0.05) is 37.3 Å². The lowest BCUT2D eigenvalue weighted by molar-refractivity contribution is 0.115. The summed E-state index contributed by atoms with van der Waals surface area (Å²) in [5.41, 5.74) is 1.34. The van der Waals surface area contributed by atoms with Crippen molar-refractivity contribution in [2.75, 3.05) is 13.2 Å². The second kappa shape index (κ2) is 6.66. The lowest BCUT2D eigenvalue weighted by Crippen LogP contribution is -2.36. The molecule has 0 spiro atoms. The molecule has 16 heavy (non-hydrogen) atoms. The first-order valence-electron chi connectivity index (χ1n) is 6.12. The summed E-state index contributed by atoms with van der Waals surface area (Å²) in [6.45, 7) is 7.53. The molecule has 1 atom stereocenters. The maximum absolute atomic E-state index is 9.14. The van der Waals surface area contributed by atoms with Gasteiger partial charge in [0, 0.05) is 18.6 Å². The van der Waals surface area contributed by atoms with E-state index >= 15 is 0 Å². The third-order valence-electron chi connectivity index (χ3n) is 2.99. The highest BCUT2D eigenvalue weighted by molar-refractivity contribution is 5.19. The zero-order valence-electron chi connectivity index (χ0n) is 10.6. The summed E-state index contributed by atoms with van der Waals surface area (Å²) in [5.74, 6) is 0. The standard InChI is InChI=1S/C14H23NO/c1-4-14(13-8-6-5-7-9-13)15(10-11-16)12(2)3/h5-9,12,14,16H,4,10-11H2,1-3H3/t14-/m0/s1. The van der Waals surface area contributed by atoms with E-state index in [4.69, 9.17) is 5.11 Å². The number of aliphatic hydroxyl groups excluding tert-OH is 1. The molecule has 0 radical (unpaired) electrons. The molecule has 0 heterocycles. The van der Waals surface area contributed by atoms with Gasteiger partial charge < -0.3 is 5.11 Å². The van der Waals surface area contributed by atoms with Crippen LogP contribution in [0.4, 0.5) is 0 Å². The molecular formula is C14H23NO. The van der Waals surface area contributed by atoms with Crippen molar-refractivity contribution in [1.29, 1.82) is 0 Å². The van der Waals surface area contributed by atoms with Gasteiger partial charge in [0.2, 0.25) is 0 Å². The normalized spacial score (nSPS) is 13.4. The van der Waals surface area contributed by atoms with Crippen molar-refractivity contribution in [3.63, 3.8) is 0 Å². The van der Waals surface area contributed by atoms with E-state index in [1.165, 1.54) is 5.56 Å². The van der Waals surface area contributed by atoms with Crippen molar-refractivity contribution in [1.82, 2.24) is 4.90 Å². The molecule has 90 valence electrons. The number of rotatable bonds is 6. The molecule has 1 aromatic rings. The molecule has 0 aromatic heterocycles. The first-order valence-corrected chi connectivity index (χ1v) is 6.12. The van der Waals surface area contributed by atoms with E-state index in [0.29, 0.717) is 12.1 Å². The third-order valence-corrected chi connectivity index (χ3v) is 2.99. The molecular weight excluding hydrogens is 198 g/mol. The van der Waals surface area contributed by atoms with Gasteiger partial charge in [0.25, 0.3) is 0 Å². The van der Waals surface area contributed by atoms with Crippen LogP contribution in [-0.4, -0.2) is 29.2 Å². The van der Waals surface area contributed by atoms with Crippen LogP contribution in [0.3, 0.4) is 0 Å². The van der Waals surface area contributed by atoms with E-state index in [1.54, 1.807) is 0 Å². The summed E-state index contributed by atoms with van der Waals surface area (Å²) < 4.78 is 0. The Labute approximate surface area is 98.9 Å². The monoisotopic (exact) mass is 221 g/mol. The van der Waals surface area contributed by atoms with Crippen molar-refractivity contribution in [3.8, 4) is 0 Å². The van der Waals surface area contributed by atoms with Crippen LogP contribution < -0.4 is 0 Å². The average Bonchev–Trinajstić information content (AvgIpc) is 2.30. The topological polar surface area (TPSA) is 23.5 Å². The molecule has 1 rings (SSSR count). The zero-order valence-corrected chi connectivity index (χ0v) is 10.6. The van der Waals surface area contributed by atoms with Gasteiger partial charge in [-0.05, 0) is 25.8 Å². The largest absolute Gasteiger partial charge is 0.395 e. The fraction of sp³-hybridized carbons (Fsp3) is 0.571. The van der Waals surface area contributed by atoms with Crippen LogP contribution in [0.5, 0.6) is 0 Å². The number of nitrogens with zero attached hydrogens (tertiary/aromatic N) is 1. The number of aliphatic hydroxyl groups is 1. The van der Waals surface area contributed by atoms with Crippen LogP contribution in [0.25, 0.3) is 0 Å². The Morgan fingerprint density at radius 2 is 1.81 bits per heavy atom. The molecule has 0 aliphatic heterocycles. The van der Waals surface area contributed by atoms with E-state index in [9.17, 15) is 0 Å². The van der Waals surface area contributed by atoms with Crippen LogP contribution >= 0.6 is 0 Å². The predicted molar refractivity (Wildman–Crippen MR) is 68.4 cm³/mol. The molecule has 0 unspecified atom stereocenters. The van der Waals surface area contributed by atoms with Gasteiger partial charge in [-0.2, -0.15) is 0 Å². The maximum atomic E-state index is 9.14. The summed E-state index contributed by atoms with van der Waals surface area (Å²) in [5, 5.41) is 9.14. The predicted octanol–water partition coefficient (Wildman–Crippen LogP) is 2.84. The Kier molecular flexibility index (Phi) is 5.50.